The highest BCUT2D eigenvalue weighted by Crippen LogP contribution is 2.48. The summed E-state index contributed by atoms with van der Waals surface area (Å²) in [6.45, 7) is 5.80. The fourth-order valence-electron chi connectivity index (χ4n) is 2.72. The molecule has 2 unspecified atom stereocenters. The molecule has 0 aromatic heterocycles. The lowest BCUT2D eigenvalue weighted by atomic mass is 9.68. The Morgan fingerprint density at radius 1 is 1.31 bits per heavy atom. The van der Waals surface area contributed by atoms with Gasteiger partial charge in [-0.05, 0) is 31.6 Å². The van der Waals surface area contributed by atoms with E-state index in [0.717, 1.165) is 13.1 Å². The van der Waals surface area contributed by atoms with Gasteiger partial charge in [0.1, 0.15) is 0 Å². The van der Waals surface area contributed by atoms with Crippen LogP contribution in [0.5, 0.6) is 0 Å². The number of hydrogen-bond acceptors (Lipinski definition) is 2. The van der Waals surface area contributed by atoms with Crippen molar-refractivity contribution < 1.29 is 4.79 Å². The highest BCUT2D eigenvalue weighted by molar-refractivity contribution is 5.85. The number of rotatable bonds is 2. The lowest BCUT2D eigenvalue weighted by Gasteiger charge is -2.38. The summed E-state index contributed by atoms with van der Waals surface area (Å²) in [5.41, 5.74) is 6.28. The van der Waals surface area contributed by atoms with Crippen LogP contribution in [0.4, 0.5) is 0 Å². The summed E-state index contributed by atoms with van der Waals surface area (Å²) in [4.78, 5) is 14.1. The van der Waals surface area contributed by atoms with Gasteiger partial charge in [-0.3, -0.25) is 4.79 Å². The fourth-order valence-corrected chi connectivity index (χ4v) is 2.72. The van der Waals surface area contributed by atoms with Gasteiger partial charge in [0, 0.05) is 19.1 Å². The van der Waals surface area contributed by atoms with Gasteiger partial charge in [-0.25, -0.2) is 0 Å². The molecule has 2 rings (SSSR count). The van der Waals surface area contributed by atoms with E-state index in [1.165, 1.54) is 25.7 Å². The van der Waals surface area contributed by atoms with Crippen LogP contribution < -0.4 is 5.73 Å². The van der Waals surface area contributed by atoms with E-state index < -0.39 is 0 Å². The molecule has 0 aromatic carbocycles. The number of likely N-dealkylation sites (tertiary alicyclic amines) is 1. The Balaban J connectivity index is 0.00000128. The van der Waals surface area contributed by atoms with Crippen LogP contribution in [0.25, 0.3) is 0 Å². The molecule has 2 N–H and O–H groups in total. The van der Waals surface area contributed by atoms with E-state index in [1.807, 2.05) is 18.7 Å². The molecule has 1 amide bonds. The topological polar surface area (TPSA) is 46.3 Å². The third kappa shape index (κ3) is 2.35. The predicted molar refractivity (Wildman–Crippen MR) is 67.5 cm³/mol. The second-order valence-corrected chi connectivity index (χ2v) is 5.51. The smallest absolute Gasteiger partial charge is 0.226 e. The third-order valence-corrected chi connectivity index (χ3v) is 4.34. The molecule has 2 aliphatic rings. The molecule has 1 heterocycles. The second kappa shape index (κ2) is 4.92. The molecule has 1 saturated carbocycles. The van der Waals surface area contributed by atoms with Crippen LogP contribution in [0.15, 0.2) is 0 Å². The average Bonchev–Trinajstić information content (AvgIpc) is 2.59. The number of carbonyl (C=O) groups excluding carboxylic acids is 1. The van der Waals surface area contributed by atoms with Gasteiger partial charge in [0.05, 0.1) is 5.92 Å². The minimum Gasteiger partial charge on any atom is -0.342 e. The van der Waals surface area contributed by atoms with E-state index in [9.17, 15) is 4.79 Å². The molecule has 1 aliphatic heterocycles. The zero-order valence-electron chi connectivity index (χ0n) is 10.2. The predicted octanol–water partition coefficient (Wildman–Crippen LogP) is 1.79. The fraction of sp³-hybridized carbons (Fsp3) is 0.917. The van der Waals surface area contributed by atoms with E-state index in [4.69, 9.17) is 5.73 Å². The van der Waals surface area contributed by atoms with Crippen LogP contribution in [-0.4, -0.2) is 29.9 Å². The van der Waals surface area contributed by atoms with E-state index >= 15 is 0 Å². The summed E-state index contributed by atoms with van der Waals surface area (Å²) in [7, 11) is 0. The SMILES string of the molecule is CC(N)C(C)C(=O)N1CCC2(CCC2)C1.Cl. The van der Waals surface area contributed by atoms with E-state index in [2.05, 4.69) is 0 Å². The molecule has 0 radical (unpaired) electrons. The van der Waals surface area contributed by atoms with E-state index in [0.29, 0.717) is 5.41 Å². The summed E-state index contributed by atoms with van der Waals surface area (Å²) >= 11 is 0. The Kier molecular flexibility index (Phi) is 4.24. The monoisotopic (exact) mass is 246 g/mol. The maximum absolute atomic E-state index is 12.1. The highest BCUT2D eigenvalue weighted by atomic mass is 35.5. The maximum atomic E-state index is 12.1. The molecule has 2 fully saturated rings. The molecule has 1 saturated heterocycles. The van der Waals surface area contributed by atoms with Crippen LogP contribution in [0.1, 0.15) is 39.5 Å². The number of amides is 1. The zero-order valence-corrected chi connectivity index (χ0v) is 11.1. The van der Waals surface area contributed by atoms with Gasteiger partial charge in [0.15, 0.2) is 0 Å². The van der Waals surface area contributed by atoms with Crippen LogP contribution in [0, 0.1) is 11.3 Å². The molecular weight excluding hydrogens is 224 g/mol. The van der Waals surface area contributed by atoms with Gasteiger partial charge in [-0.1, -0.05) is 13.3 Å². The van der Waals surface area contributed by atoms with Crippen molar-refractivity contribution in [3.63, 3.8) is 0 Å². The van der Waals surface area contributed by atoms with Crippen molar-refractivity contribution in [2.24, 2.45) is 17.1 Å². The van der Waals surface area contributed by atoms with Gasteiger partial charge in [-0.2, -0.15) is 0 Å². The van der Waals surface area contributed by atoms with Crippen molar-refractivity contribution in [1.82, 2.24) is 4.90 Å². The van der Waals surface area contributed by atoms with Crippen molar-refractivity contribution in [3.05, 3.63) is 0 Å². The lowest BCUT2D eigenvalue weighted by molar-refractivity contribution is -0.135. The molecule has 94 valence electrons. The van der Waals surface area contributed by atoms with Crippen LogP contribution in [0.3, 0.4) is 0 Å². The molecule has 4 heteroatoms. The van der Waals surface area contributed by atoms with Crippen LogP contribution in [0.2, 0.25) is 0 Å². The summed E-state index contributed by atoms with van der Waals surface area (Å²) in [5.74, 6) is 0.231. The summed E-state index contributed by atoms with van der Waals surface area (Å²) < 4.78 is 0. The average molecular weight is 247 g/mol. The standard InChI is InChI=1S/C12H22N2O.ClH/c1-9(10(2)13)11(15)14-7-6-12(8-14)4-3-5-12;/h9-10H,3-8,13H2,1-2H3;1H. The first-order chi connectivity index (χ1) is 7.04. The first-order valence-electron chi connectivity index (χ1n) is 6.08. The Hall–Kier alpha value is -0.280. The highest BCUT2D eigenvalue weighted by Gasteiger charge is 2.44. The molecular formula is C12H23ClN2O. The zero-order chi connectivity index (χ0) is 11.1. The molecule has 3 nitrogen and oxygen atoms in total. The molecule has 0 aromatic rings. The number of hydrogen-bond donors (Lipinski definition) is 1. The number of halogens is 1. The molecule has 1 spiro atoms. The molecule has 0 bridgehead atoms. The minimum atomic E-state index is -0.0320. The second-order valence-electron chi connectivity index (χ2n) is 5.51. The number of nitrogens with two attached hydrogens (primary N) is 1. The van der Waals surface area contributed by atoms with Gasteiger partial charge in [0.2, 0.25) is 5.91 Å². The quantitative estimate of drug-likeness (QED) is 0.808. The van der Waals surface area contributed by atoms with Gasteiger partial charge in [-0.15, -0.1) is 12.4 Å². The Bertz CT molecular complexity index is 264. The number of carbonyl (C=O) groups is 1. The lowest BCUT2D eigenvalue weighted by Crippen LogP contribution is -2.42. The largest absolute Gasteiger partial charge is 0.342 e. The molecule has 1 aliphatic carbocycles. The normalized spacial score (nSPS) is 25.8. The van der Waals surface area contributed by atoms with Gasteiger partial charge < -0.3 is 10.6 Å². The van der Waals surface area contributed by atoms with Crippen molar-refractivity contribution in [3.8, 4) is 0 Å². The Morgan fingerprint density at radius 3 is 2.31 bits per heavy atom. The van der Waals surface area contributed by atoms with E-state index in [-0.39, 0.29) is 30.3 Å². The van der Waals surface area contributed by atoms with Gasteiger partial charge in [0.25, 0.3) is 0 Å². The molecule has 16 heavy (non-hydrogen) atoms. The van der Waals surface area contributed by atoms with Gasteiger partial charge >= 0.3 is 0 Å². The summed E-state index contributed by atoms with van der Waals surface area (Å²) in [6, 6.07) is -0.0320. The Morgan fingerprint density at radius 2 is 1.94 bits per heavy atom. The van der Waals surface area contributed by atoms with Crippen LogP contribution in [-0.2, 0) is 4.79 Å². The first-order valence-corrected chi connectivity index (χ1v) is 6.08. The van der Waals surface area contributed by atoms with Crippen molar-refractivity contribution >= 4 is 18.3 Å². The molecule has 2 atom stereocenters. The van der Waals surface area contributed by atoms with Crippen LogP contribution >= 0.6 is 12.4 Å². The van der Waals surface area contributed by atoms with Crippen molar-refractivity contribution in [2.75, 3.05) is 13.1 Å². The first kappa shape index (κ1) is 13.8. The third-order valence-electron chi connectivity index (χ3n) is 4.34. The Labute approximate surface area is 104 Å². The minimum absolute atomic E-state index is 0. The van der Waals surface area contributed by atoms with Crippen molar-refractivity contribution in [1.29, 1.82) is 0 Å². The summed E-state index contributed by atoms with van der Waals surface area (Å²) in [6.07, 6.45) is 5.21. The number of nitrogens with zero attached hydrogens (tertiary/aromatic N) is 1. The summed E-state index contributed by atoms with van der Waals surface area (Å²) in [5, 5.41) is 0. The van der Waals surface area contributed by atoms with E-state index in [1.54, 1.807) is 0 Å². The van der Waals surface area contributed by atoms with Crippen molar-refractivity contribution in [2.45, 2.75) is 45.6 Å². The maximum Gasteiger partial charge on any atom is 0.226 e.